The number of methoxy groups -OCH3 is 1. The lowest BCUT2D eigenvalue weighted by atomic mass is 10.1. The molecule has 7 nitrogen and oxygen atoms in total. The Hall–Kier alpha value is -2.61. The normalized spacial score (nSPS) is 20.0. The average molecular weight is 401 g/mol. The molecule has 0 saturated carbocycles. The highest BCUT2D eigenvalue weighted by Gasteiger charge is 2.39. The van der Waals surface area contributed by atoms with E-state index < -0.39 is 0 Å². The summed E-state index contributed by atoms with van der Waals surface area (Å²) in [5, 5.41) is 2.96. The van der Waals surface area contributed by atoms with Gasteiger partial charge in [-0.25, -0.2) is 4.98 Å². The lowest BCUT2D eigenvalue weighted by molar-refractivity contribution is -0.136. The number of nitrogens with zero attached hydrogens (tertiary/aromatic N) is 4. The second kappa shape index (κ2) is 7.79. The number of rotatable bonds is 4. The smallest absolute Gasteiger partial charge is 0.228 e. The van der Waals surface area contributed by atoms with Crippen LogP contribution in [0.25, 0.3) is 0 Å². The average Bonchev–Trinajstić information content (AvgIpc) is 3.37. The van der Waals surface area contributed by atoms with Crippen molar-refractivity contribution in [3.8, 4) is 5.75 Å². The highest BCUT2D eigenvalue weighted by molar-refractivity contribution is 7.13. The van der Waals surface area contributed by atoms with Crippen molar-refractivity contribution < 1.29 is 14.3 Å². The van der Waals surface area contributed by atoms with E-state index in [2.05, 4.69) is 9.88 Å². The molecule has 2 aliphatic heterocycles. The van der Waals surface area contributed by atoms with Crippen molar-refractivity contribution in [3.05, 3.63) is 35.3 Å². The van der Waals surface area contributed by atoms with E-state index >= 15 is 0 Å². The molecule has 2 fully saturated rings. The molecule has 0 aliphatic carbocycles. The minimum absolute atomic E-state index is 0.0244. The number of benzene rings is 1. The Kier molecular flexibility index (Phi) is 5.21. The van der Waals surface area contributed by atoms with Gasteiger partial charge in [-0.1, -0.05) is 6.07 Å². The molecule has 0 N–H and O–H groups in total. The minimum atomic E-state index is -0.302. The van der Waals surface area contributed by atoms with Gasteiger partial charge in [0, 0.05) is 50.7 Å². The summed E-state index contributed by atoms with van der Waals surface area (Å²) in [6.45, 7) is 5.26. The summed E-state index contributed by atoms with van der Waals surface area (Å²) in [7, 11) is 1.60. The zero-order valence-corrected chi connectivity index (χ0v) is 16.9. The highest BCUT2D eigenvalue weighted by Crippen LogP contribution is 2.34. The number of carbonyl (C=O) groups excluding carboxylic acids is 2. The predicted molar refractivity (Wildman–Crippen MR) is 109 cm³/mol. The van der Waals surface area contributed by atoms with Crippen LogP contribution in [-0.2, 0) is 9.59 Å². The van der Waals surface area contributed by atoms with E-state index in [1.165, 1.54) is 0 Å². The topological polar surface area (TPSA) is 66.0 Å². The fourth-order valence-electron chi connectivity index (χ4n) is 3.87. The molecule has 2 saturated heterocycles. The molecule has 148 valence electrons. The van der Waals surface area contributed by atoms with Crippen LogP contribution < -0.4 is 14.5 Å². The van der Waals surface area contributed by atoms with Gasteiger partial charge in [0.05, 0.1) is 18.7 Å². The van der Waals surface area contributed by atoms with Crippen molar-refractivity contribution in [1.29, 1.82) is 0 Å². The number of hydrogen-bond donors (Lipinski definition) is 0. The zero-order valence-electron chi connectivity index (χ0n) is 16.1. The van der Waals surface area contributed by atoms with Crippen molar-refractivity contribution in [1.82, 2.24) is 9.88 Å². The molecule has 0 bridgehead atoms. The van der Waals surface area contributed by atoms with E-state index in [-0.39, 0.29) is 24.2 Å². The third kappa shape index (κ3) is 3.56. The second-order valence-corrected chi connectivity index (χ2v) is 8.08. The van der Waals surface area contributed by atoms with E-state index in [1.807, 2.05) is 35.4 Å². The number of piperazine rings is 1. The maximum absolute atomic E-state index is 13.0. The van der Waals surface area contributed by atoms with Gasteiger partial charge in [0.15, 0.2) is 5.13 Å². The minimum Gasteiger partial charge on any atom is -0.495 e. The first-order chi connectivity index (χ1) is 13.6. The summed E-state index contributed by atoms with van der Waals surface area (Å²) in [5.41, 5.74) is 1.80. The van der Waals surface area contributed by atoms with Gasteiger partial charge >= 0.3 is 0 Å². The first kappa shape index (κ1) is 18.7. The Morgan fingerprint density at radius 3 is 2.71 bits per heavy atom. The monoisotopic (exact) mass is 400 g/mol. The zero-order chi connectivity index (χ0) is 19.7. The molecule has 0 radical (unpaired) electrons. The first-order valence-electron chi connectivity index (χ1n) is 9.45. The largest absolute Gasteiger partial charge is 0.495 e. The molecule has 0 spiro atoms. The molecule has 1 aromatic carbocycles. The maximum Gasteiger partial charge on any atom is 0.228 e. The summed E-state index contributed by atoms with van der Waals surface area (Å²) in [4.78, 5) is 35.8. The Labute approximate surface area is 168 Å². The molecule has 28 heavy (non-hydrogen) atoms. The SMILES string of the molecule is COc1ccc(C)cc1N1CC(C(=O)N2CCN(c3nccs3)CC2)CC1=O. The number of aryl methyl sites for hydroxylation is 1. The van der Waals surface area contributed by atoms with Crippen molar-refractivity contribution in [3.63, 3.8) is 0 Å². The van der Waals surface area contributed by atoms with Crippen LogP contribution in [0.4, 0.5) is 10.8 Å². The Bertz CT molecular complexity index is 862. The fraction of sp³-hybridized carbons (Fsp3) is 0.450. The quantitative estimate of drug-likeness (QED) is 0.787. The Balaban J connectivity index is 1.42. The van der Waals surface area contributed by atoms with Crippen LogP contribution >= 0.6 is 11.3 Å². The molecule has 8 heteroatoms. The predicted octanol–water partition coefficient (Wildman–Crippen LogP) is 2.16. The van der Waals surface area contributed by atoms with Crippen molar-refractivity contribution >= 4 is 34.0 Å². The van der Waals surface area contributed by atoms with Crippen LogP contribution in [0.15, 0.2) is 29.8 Å². The molecule has 1 aromatic heterocycles. The molecular weight excluding hydrogens is 376 g/mol. The number of hydrogen-bond acceptors (Lipinski definition) is 6. The number of aromatic nitrogens is 1. The molecular formula is C20H24N4O3S. The maximum atomic E-state index is 13.0. The van der Waals surface area contributed by atoms with Crippen LogP contribution in [0.2, 0.25) is 0 Å². The molecule has 3 heterocycles. The fourth-order valence-corrected chi connectivity index (χ4v) is 4.56. The van der Waals surface area contributed by atoms with Crippen molar-refractivity contribution in [2.75, 3.05) is 49.6 Å². The summed E-state index contributed by atoms with van der Waals surface area (Å²) in [6, 6.07) is 5.76. The molecule has 2 aliphatic rings. The van der Waals surface area contributed by atoms with Crippen LogP contribution in [-0.4, -0.2) is 61.5 Å². The summed E-state index contributed by atoms with van der Waals surface area (Å²) in [5.74, 6) is 0.401. The van der Waals surface area contributed by atoms with Crippen LogP contribution in [0.3, 0.4) is 0 Å². The number of amides is 2. The Morgan fingerprint density at radius 2 is 2.04 bits per heavy atom. The summed E-state index contributed by atoms with van der Waals surface area (Å²) < 4.78 is 5.42. The second-order valence-electron chi connectivity index (χ2n) is 7.21. The first-order valence-corrected chi connectivity index (χ1v) is 10.3. The van der Waals surface area contributed by atoms with Crippen LogP contribution in [0, 0.1) is 12.8 Å². The van der Waals surface area contributed by atoms with Gasteiger partial charge in [-0.2, -0.15) is 0 Å². The van der Waals surface area contributed by atoms with E-state index in [1.54, 1.807) is 29.5 Å². The lowest BCUT2D eigenvalue weighted by Gasteiger charge is -2.35. The third-order valence-corrected chi connectivity index (χ3v) is 6.21. The van der Waals surface area contributed by atoms with Gasteiger partial charge in [-0.15, -0.1) is 11.3 Å². The van der Waals surface area contributed by atoms with E-state index in [4.69, 9.17) is 4.74 Å². The van der Waals surface area contributed by atoms with Gasteiger partial charge in [0.1, 0.15) is 5.75 Å². The number of carbonyl (C=O) groups is 2. The van der Waals surface area contributed by atoms with E-state index in [0.29, 0.717) is 25.4 Å². The third-order valence-electron chi connectivity index (χ3n) is 5.38. The lowest BCUT2D eigenvalue weighted by Crippen LogP contribution is -2.50. The molecule has 1 atom stereocenters. The van der Waals surface area contributed by atoms with E-state index in [0.717, 1.165) is 29.5 Å². The van der Waals surface area contributed by atoms with Crippen LogP contribution in [0.5, 0.6) is 5.75 Å². The van der Waals surface area contributed by atoms with Gasteiger partial charge in [-0.05, 0) is 24.6 Å². The van der Waals surface area contributed by atoms with Crippen molar-refractivity contribution in [2.45, 2.75) is 13.3 Å². The van der Waals surface area contributed by atoms with E-state index in [9.17, 15) is 9.59 Å². The number of anilines is 2. The standard InChI is InChI=1S/C20H24N4O3S/c1-14-3-4-17(27-2)16(11-14)24-13-15(12-18(24)25)19(26)22-6-8-23(9-7-22)20-21-5-10-28-20/h3-5,10-11,15H,6-9,12-13H2,1-2H3. The highest BCUT2D eigenvalue weighted by atomic mass is 32.1. The molecule has 1 unspecified atom stereocenters. The van der Waals surface area contributed by atoms with Gasteiger partial charge < -0.3 is 19.4 Å². The van der Waals surface area contributed by atoms with Gasteiger partial charge in [0.25, 0.3) is 0 Å². The summed E-state index contributed by atoms with van der Waals surface area (Å²) in [6.07, 6.45) is 2.05. The van der Waals surface area contributed by atoms with Gasteiger partial charge in [-0.3, -0.25) is 9.59 Å². The van der Waals surface area contributed by atoms with Gasteiger partial charge in [0.2, 0.25) is 11.8 Å². The summed E-state index contributed by atoms with van der Waals surface area (Å²) >= 11 is 1.62. The number of ether oxygens (including phenoxy) is 1. The molecule has 2 amide bonds. The van der Waals surface area contributed by atoms with Crippen molar-refractivity contribution in [2.24, 2.45) is 5.92 Å². The number of thiazole rings is 1. The molecule has 2 aromatic rings. The molecule has 4 rings (SSSR count). The Morgan fingerprint density at radius 1 is 1.25 bits per heavy atom. The van der Waals surface area contributed by atoms with Crippen LogP contribution in [0.1, 0.15) is 12.0 Å².